The van der Waals surface area contributed by atoms with Gasteiger partial charge in [0, 0.05) is 16.3 Å². The van der Waals surface area contributed by atoms with Gasteiger partial charge in [0.2, 0.25) is 0 Å². The molecule has 0 bridgehead atoms. The predicted molar refractivity (Wildman–Crippen MR) is 93.5 cm³/mol. The average molecular weight is 354 g/mol. The zero-order valence-corrected chi connectivity index (χ0v) is 14.5. The largest absolute Gasteiger partial charge is 0.497 e. The van der Waals surface area contributed by atoms with Gasteiger partial charge in [-0.3, -0.25) is 4.79 Å². The molecule has 0 aliphatic heterocycles. The lowest BCUT2D eigenvalue weighted by Gasteiger charge is -2.15. The van der Waals surface area contributed by atoms with Crippen molar-refractivity contribution in [2.24, 2.45) is 0 Å². The lowest BCUT2D eigenvalue weighted by molar-refractivity contribution is -0.885. The van der Waals surface area contributed by atoms with Crippen LogP contribution in [0.25, 0.3) is 0 Å². The van der Waals surface area contributed by atoms with Crippen LogP contribution < -0.4 is 15.0 Å². The first-order valence-electron chi connectivity index (χ1n) is 7.17. The van der Waals surface area contributed by atoms with Crippen LogP contribution in [-0.2, 0) is 11.3 Å². The highest BCUT2D eigenvalue weighted by Crippen LogP contribution is 2.20. The summed E-state index contributed by atoms with van der Waals surface area (Å²) in [6.07, 6.45) is 0. The van der Waals surface area contributed by atoms with E-state index in [-0.39, 0.29) is 5.91 Å². The summed E-state index contributed by atoms with van der Waals surface area (Å²) in [6.45, 7) is 0.983. The Balaban J connectivity index is 1.88. The third-order valence-corrected chi connectivity index (χ3v) is 3.93. The molecule has 2 aromatic carbocycles. The second-order valence-electron chi connectivity index (χ2n) is 5.32. The smallest absolute Gasteiger partial charge is 0.279 e. The van der Waals surface area contributed by atoms with Gasteiger partial charge < -0.3 is 15.0 Å². The van der Waals surface area contributed by atoms with Crippen LogP contribution in [0.3, 0.4) is 0 Å². The zero-order valence-electron chi connectivity index (χ0n) is 13.0. The molecular weight excluding hydrogens is 335 g/mol. The van der Waals surface area contributed by atoms with Gasteiger partial charge in [-0.25, -0.2) is 0 Å². The Morgan fingerprint density at radius 1 is 1.17 bits per heavy atom. The molecule has 0 fully saturated rings. The molecule has 0 radical (unpaired) electrons. The van der Waals surface area contributed by atoms with Gasteiger partial charge in [0.25, 0.3) is 5.91 Å². The van der Waals surface area contributed by atoms with E-state index >= 15 is 0 Å². The number of hydrogen-bond donors (Lipinski definition) is 2. The van der Waals surface area contributed by atoms with E-state index in [0.717, 1.165) is 21.9 Å². The van der Waals surface area contributed by atoms with E-state index in [0.29, 0.717) is 23.1 Å². The first kappa shape index (κ1) is 17.6. The fourth-order valence-corrected chi connectivity index (χ4v) is 2.68. The molecule has 1 unspecified atom stereocenters. The summed E-state index contributed by atoms with van der Waals surface area (Å²) in [4.78, 5) is 13.1. The van der Waals surface area contributed by atoms with Crippen LogP contribution in [0.5, 0.6) is 5.75 Å². The molecule has 0 saturated carbocycles. The van der Waals surface area contributed by atoms with Crippen LogP contribution in [0.1, 0.15) is 5.56 Å². The fraction of sp³-hybridized carbons (Fsp3) is 0.235. The maximum absolute atomic E-state index is 12.1. The summed E-state index contributed by atoms with van der Waals surface area (Å²) in [5.74, 6) is 0.695. The van der Waals surface area contributed by atoms with Gasteiger partial charge in [0.05, 0.1) is 19.2 Å². The second-order valence-corrected chi connectivity index (χ2v) is 6.17. The predicted octanol–water partition coefficient (Wildman–Crippen LogP) is 2.66. The molecule has 2 N–H and O–H groups in total. The Morgan fingerprint density at radius 3 is 2.48 bits per heavy atom. The minimum Gasteiger partial charge on any atom is -0.497 e. The Bertz CT molecular complexity index is 675. The number of amides is 1. The third kappa shape index (κ3) is 5.43. The van der Waals surface area contributed by atoms with Crippen LogP contribution in [0, 0.1) is 0 Å². The lowest BCUT2D eigenvalue weighted by Crippen LogP contribution is -3.08. The SMILES string of the molecule is COc1ccc(NC(=O)C[NH+](C)Cc2ccc(Cl)cc2Cl)cc1. The fourth-order valence-electron chi connectivity index (χ4n) is 2.21. The number of anilines is 1. The number of halogens is 2. The van der Waals surface area contributed by atoms with Gasteiger partial charge in [-0.2, -0.15) is 0 Å². The average Bonchev–Trinajstić information content (AvgIpc) is 2.50. The molecule has 6 heteroatoms. The molecule has 0 aromatic heterocycles. The number of quaternary nitrogens is 1. The van der Waals surface area contributed by atoms with Gasteiger partial charge in [0.15, 0.2) is 6.54 Å². The molecule has 0 heterocycles. The highest BCUT2D eigenvalue weighted by molar-refractivity contribution is 6.35. The van der Waals surface area contributed by atoms with Crippen LogP contribution in [0.4, 0.5) is 5.69 Å². The van der Waals surface area contributed by atoms with Gasteiger partial charge >= 0.3 is 0 Å². The summed E-state index contributed by atoms with van der Waals surface area (Å²) in [5, 5.41) is 4.09. The van der Waals surface area contributed by atoms with Gasteiger partial charge in [0.1, 0.15) is 12.3 Å². The van der Waals surface area contributed by atoms with Crippen LogP contribution in [0.2, 0.25) is 10.0 Å². The number of carbonyl (C=O) groups excluding carboxylic acids is 1. The maximum atomic E-state index is 12.1. The molecule has 1 amide bonds. The molecule has 4 nitrogen and oxygen atoms in total. The van der Waals surface area contributed by atoms with Crippen molar-refractivity contribution in [1.82, 2.24) is 0 Å². The minimum absolute atomic E-state index is 0.0576. The Labute approximate surface area is 146 Å². The molecule has 2 rings (SSSR count). The highest BCUT2D eigenvalue weighted by Gasteiger charge is 2.13. The molecule has 0 aliphatic carbocycles. The topological polar surface area (TPSA) is 42.8 Å². The first-order chi connectivity index (χ1) is 11.0. The van der Waals surface area contributed by atoms with E-state index in [1.54, 1.807) is 31.4 Å². The number of carbonyl (C=O) groups is 1. The molecule has 1 atom stereocenters. The molecule has 0 saturated heterocycles. The van der Waals surface area contributed by atoms with Gasteiger partial charge in [-0.1, -0.05) is 29.3 Å². The summed E-state index contributed by atoms with van der Waals surface area (Å²) in [5.41, 5.74) is 1.71. The van der Waals surface area contributed by atoms with Crippen molar-refractivity contribution in [2.75, 3.05) is 26.0 Å². The molecule has 2 aromatic rings. The molecular formula is C17H19Cl2N2O2+. The number of ether oxygens (including phenoxy) is 1. The number of likely N-dealkylation sites (N-methyl/N-ethyl adjacent to an activating group) is 1. The van der Waals surface area contributed by atoms with E-state index in [1.807, 2.05) is 25.2 Å². The van der Waals surface area contributed by atoms with Crippen molar-refractivity contribution in [2.45, 2.75) is 6.54 Å². The van der Waals surface area contributed by atoms with Gasteiger partial charge in [-0.05, 0) is 36.4 Å². The Hall–Kier alpha value is -1.75. The summed E-state index contributed by atoms with van der Waals surface area (Å²) >= 11 is 12.0. The number of benzene rings is 2. The van der Waals surface area contributed by atoms with Crippen molar-refractivity contribution in [1.29, 1.82) is 0 Å². The van der Waals surface area contributed by atoms with E-state index in [1.165, 1.54) is 0 Å². The first-order valence-corrected chi connectivity index (χ1v) is 7.92. The standard InChI is InChI=1S/C17H18Cl2N2O2/c1-21(10-12-3-4-13(18)9-16(12)19)11-17(22)20-14-5-7-15(23-2)8-6-14/h3-9H,10-11H2,1-2H3,(H,20,22)/p+1. The molecule has 122 valence electrons. The van der Waals surface area contributed by atoms with Crippen molar-refractivity contribution in [3.63, 3.8) is 0 Å². The zero-order chi connectivity index (χ0) is 16.8. The number of rotatable bonds is 6. The lowest BCUT2D eigenvalue weighted by atomic mass is 10.2. The monoisotopic (exact) mass is 353 g/mol. The Morgan fingerprint density at radius 2 is 1.87 bits per heavy atom. The van der Waals surface area contributed by atoms with Crippen LogP contribution in [-0.4, -0.2) is 26.6 Å². The second kappa shape index (κ2) is 8.20. The normalized spacial score (nSPS) is 11.8. The summed E-state index contributed by atoms with van der Waals surface area (Å²) in [6, 6.07) is 12.6. The van der Waals surface area contributed by atoms with Crippen molar-refractivity contribution in [3.05, 3.63) is 58.1 Å². The van der Waals surface area contributed by atoms with Crippen molar-refractivity contribution < 1.29 is 14.4 Å². The maximum Gasteiger partial charge on any atom is 0.279 e. The summed E-state index contributed by atoms with van der Waals surface area (Å²) < 4.78 is 5.09. The van der Waals surface area contributed by atoms with E-state index < -0.39 is 0 Å². The van der Waals surface area contributed by atoms with E-state index in [2.05, 4.69) is 5.32 Å². The van der Waals surface area contributed by atoms with E-state index in [4.69, 9.17) is 27.9 Å². The van der Waals surface area contributed by atoms with Crippen LogP contribution >= 0.6 is 23.2 Å². The third-order valence-electron chi connectivity index (χ3n) is 3.34. The summed E-state index contributed by atoms with van der Waals surface area (Å²) in [7, 11) is 3.55. The molecule has 0 aliphatic rings. The minimum atomic E-state index is -0.0576. The highest BCUT2D eigenvalue weighted by atomic mass is 35.5. The van der Waals surface area contributed by atoms with Gasteiger partial charge in [-0.15, -0.1) is 0 Å². The van der Waals surface area contributed by atoms with Crippen molar-refractivity contribution >= 4 is 34.8 Å². The molecule has 0 spiro atoms. The molecule has 23 heavy (non-hydrogen) atoms. The van der Waals surface area contributed by atoms with Crippen molar-refractivity contribution in [3.8, 4) is 5.75 Å². The quantitative estimate of drug-likeness (QED) is 0.838. The number of hydrogen-bond acceptors (Lipinski definition) is 2. The van der Waals surface area contributed by atoms with Crippen LogP contribution in [0.15, 0.2) is 42.5 Å². The van der Waals surface area contributed by atoms with E-state index in [9.17, 15) is 4.79 Å². The number of methoxy groups -OCH3 is 1. The number of nitrogens with one attached hydrogen (secondary N) is 2. The Kier molecular flexibility index (Phi) is 6.28.